The highest BCUT2D eigenvalue weighted by molar-refractivity contribution is 5.42. The van der Waals surface area contributed by atoms with Crippen molar-refractivity contribution in [2.45, 2.75) is 18.6 Å². The summed E-state index contributed by atoms with van der Waals surface area (Å²) in [5.74, 6) is -0.590. The standard InChI is InChI=1S/C10H15FN2O2/c11-8-2-1-6(13)5-7(8)10(15)9(14)3-4-12/h1-2,5,9-10,14-15H,3-4,12-13H2. The van der Waals surface area contributed by atoms with Crippen molar-refractivity contribution in [1.29, 1.82) is 0 Å². The van der Waals surface area contributed by atoms with Gasteiger partial charge in [-0.05, 0) is 31.2 Å². The minimum absolute atomic E-state index is 0.00375. The van der Waals surface area contributed by atoms with Crippen molar-refractivity contribution in [3.05, 3.63) is 29.6 Å². The maximum absolute atomic E-state index is 13.3. The fourth-order valence-electron chi connectivity index (χ4n) is 1.32. The zero-order valence-corrected chi connectivity index (χ0v) is 8.23. The fourth-order valence-corrected chi connectivity index (χ4v) is 1.32. The van der Waals surface area contributed by atoms with Crippen LogP contribution in [0.25, 0.3) is 0 Å². The van der Waals surface area contributed by atoms with Crippen molar-refractivity contribution in [1.82, 2.24) is 0 Å². The van der Waals surface area contributed by atoms with Crippen LogP contribution >= 0.6 is 0 Å². The second kappa shape index (κ2) is 5.06. The molecule has 0 amide bonds. The first-order chi connectivity index (χ1) is 7.06. The Labute approximate surface area is 87.3 Å². The first kappa shape index (κ1) is 11.9. The Bertz CT molecular complexity index is 333. The average molecular weight is 214 g/mol. The SMILES string of the molecule is NCCC(O)C(O)c1cc(N)ccc1F. The highest BCUT2D eigenvalue weighted by Gasteiger charge is 2.20. The molecule has 0 fully saturated rings. The molecule has 1 aromatic carbocycles. The number of hydrogen-bond donors (Lipinski definition) is 4. The van der Waals surface area contributed by atoms with Crippen molar-refractivity contribution in [2.75, 3.05) is 12.3 Å². The van der Waals surface area contributed by atoms with Crippen LogP contribution in [-0.4, -0.2) is 22.9 Å². The monoisotopic (exact) mass is 214 g/mol. The zero-order chi connectivity index (χ0) is 11.4. The molecule has 2 unspecified atom stereocenters. The van der Waals surface area contributed by atoms with Gasteiger partial charge in [0.1, 0.15) is 11.9 Å². The lowest BCUT2D eigenvalue weighted by Gasteiger charge is -2.18. The molecule has 2 atom stereocenters. The van der Waals surface area contributed by atoms with Gasteiger partial charge in [0, 0.05) is 11.3 Å². The molecule has 0 radical (unpaired) electrons. The maximum Gasteiger partial charge on any atom is 0.129 e. The Hall–Kier alpha value is -1.17. The summed E-state index contributed by atoms with van der Waals surface area (Å²) in [7, 11) is 0. The Balaban J connectivity index is 2.89. The molecule has 1 aromatic rings. The van der Waals surface area contributed by atoms with E-state index in [-0.39, 0.29) is 18.5 Å². The second-order valence-electron chi connectivity index (χ2n) is 3.37. The van der Waals surface area contributed by atoms with Gasteiger partial charge in [-0.15, -0.1) is 0 Å². The van der Waals surface area contributed by atoms with Crippen LogP contribution < -0.4 is 11.5 Å². The first-order valence-corrected chi connectivity index (χ1v) is 4.67. The van der Waals surface area contributed by atoms with Crippen molar-refractivity contribution in [3.63, 3.8) is 0 Å². The summed E-state index contributed by atoms with van der Waals surface area (Å²) in [6.45, 7) is 0.224. The van der Waals surface area contributed by atoms with Gasteiger partial charge in [-0.25, -0.2) is 4.39 Å². The molecule has 1 rings (SSSR count). The van der Waals surface area contributed by atoms with Gasteiger partial charge in [0.2, 0.25) is 0 Å². The molecular weight excluding hydrogens is 199 g/mol. The van der Waals surface area contributed by atoms with Crippen molar-refractivity contribution < 1.29 is 14.6 Å². The van der Waals surface area contributed by atoms with E-state index in [0.717, 1.165) is 6.07 Å². The number of aliphatic hydroxyl groups excluding tert-OH is 2. The number of nitrogen functional groups attached to an aromatic ring is 1. The highest BCUT2D eigenvalue weighted by atomic mass is 19.1. The summed E-state index contributed by atoms with van der Waals surface area (Å²) in [5, 5.41) is 19.1. The Morgan fingerprint density at radius 2 is 2.00 bits per heavy atom. The summed E-state index contributed by atoms with van der Waals surface area (Å²) in [5.41, 5.74) is 11.0. The third-order valence-corrected chi connectivity index (χ3v) is 2.17. The molecule has 0 spiro atoms. The van der Waals surface area contributed by atoms with Gasteiger partial charge in [0.15, 0.2) is 0 Å². The quantitative estimate of drug-likeness (QED) is 0.537. The fraction of sp³-hybridized carbons (Fsp3) is 0.400. The summed E-state index contributed by atoms with van der Waals surface area (Å²) in [6, 6.07) is 3.85. The Kier molecular flexibility index (Phi) is 4.02. The lowest BCUT2D eigenvalue weighted by molar-refractivity contribution is 0.0130. The summed E-state index contributed by atoms with van der Waals surface area (Å²) < 4.78 is 13.3. The molecule has 0 aliphatic carbocycles. The summed E-state index contributed by atoms with van der Waals surface area (Å²) in [4.78, 5) is 0. The molecule has 4 nitrogen and oxygen atoms in total. The van der Waals surface area contributed by atoms with Crippen LogP contribution in [0.4, 0.5) is 10.1 Å². The van der Waals surface area contributed by atoms with Crippen LogP contribution in [0.5, 0.6) is 0 Å². The molecule has 0 heterocycles. The first-order valence-electron chi connectivity index (χ1n) is 4.67. The number of halogens is 1. The van der Waals surface area contributed by atoms with Crippen LogP contribution in [0.3, 0.4) is 0 Å². The average Bonchev–Trinajstić information content (AvgIpc) is 2.21. The molecule has 6 N–H and O–H groups in total. The number of rotatable bonds is 4. The van der Waals surface area contributed by atoms with E-state index in [1.807, 2.05) is 0 Å². The number of hydrogen-bond acceptors (Lipinski definition) is 4. The number of aliphatic hydroxyl groups is 2. The van der Waals surface area contributed by atoms with Gasteiger partial charge >= 0.3 is 0 Å². The molecule has 0 aromatic heterocycles. The normalized spacial score (nSPS) is 14.9. The van der Waals surface area contributed by atoms with Gasteiger partial charge < -0.3 is 21.7 Å². The van der Waals surface area contributed by atoms with E-state index in [1.54, 1.807) is 0 Å². The van der Waals surface area contributed by atoms with Gasteiger partial charge in [0.25, 0.3) is 0 Å². The molecule has 0 saturated heterocycles. The number of nitrogens with two attached hydrogens (primary N) is 2. The Morgan fingerprint density at radius 3 is 2.60 bits per heavy atom. The van der Waals surface area contributed by atoms with Crippen LogP contribution in [0.1, 0.15) is 18.1 Å². The van der Waals surface area contributed by atoms with Crippen molar-refractivity contribution in [3.8, 4) is 0 Å². The lowest BCUT2D eigenvalue weighted by atomic mass is 10.0. The van der Waals surface area contributed by atoms with Crippen molar-refractivity contribution >= 4 is 5.69 Å². The van der Waals surface area contributed by atoms with E-state index >= 15 is 0 Å². The molecular formula is C10H15FN2O2. The largest absolute Gasteiger partial charge is 0.399 e. The molecule has 0 aliphatic rings. The summed E-state index contributed by atoms with van der Waals surface area (Å²) in [6.07, 6.45) is -2.17. The predicted octanol–water partition coefficient (Wildman–Crippen LogP) is 0.151. The van der Waals surface area contributed by atoms with E-state index in [1.165, 1.54) is 12.1 Å². The minimum Gasteiger partial charge on any atom is -0.399 e. The van der Waals surface area contributed by atoms with Crippen molar-refractivity contribution in [2.24, 2.45) is 5.73 Å². The van der Waals surface area contributed by atoms with Crippen LogP contribution in [-0.2, 0) is 0 Å². The molecule has 5 heteroatoms. The summed E-state index contributed by atoms with van der Waals surface area (Å²) >= 11 is 0. The van der Waals surface area contributed by atoms with E-state index < -0.39 is 18.0 Å². The predicted molar refractivity (Wildman–Crippen MR) is 55.5 cm³/mol. The maximum atomic E-state index is 13.3. The molecule has 0 saturated carbocycles. The second-order valence-corrected chi connectivity index (χ2v) is 3.37. The van der Waals surface area contributed by atoms with Crippen LogP contribution in [0.15, 0.2) is 18.2 Å². The lowest BCUT2D eigenvalue weighted by Crippen LogP contribution is -2.22. The molecule has 15 heavy (non-hydrogen) atoms. The molecule has 0 aliphatic heterocycles. The van der Waals surface area contributed by atoms with E-state index in [9.17, 15) is 14.6 Å². The number of benzene rings is 1. The van der Waals surface area contributed by atoms with Gasteiger partial charge in [0.05, 0.1) is 6.10 Å². The van der Waals surface area contributed by atoms with Crippen LogP contribution in [0, 0.1) is 5.82 Å². The van der Waals surface area contributed by atoms with Gasteiger partial charge in [-0.2, -0.15) is 0 Å². The minimum atomic E-state index is -1.29. The molecule has 0 bridgehead atoms. The number of anilines is 1. The molecule has 84 valence electrons. The highest BCUT2D eigenvalue weighted by Crippen LogP contribution is 2.23. The topological polar surface area (TPSA) is 92.5 Å². The van der Waals surface area contributed by atoms with Crippen LogP contribution in [0.2, 0.25) is 0 Å². The third-order valence-electron chi connectivity index (χ3n) is 2.17. The Morgan fingerprint density at radius 1 is 1.33 bits per heavy atom. The zero-order valence-electron chi connectivity index (χ0n) is 8.23. The van der Waals surface area contributed by atoms with Gasteiger partial charge in [-0.1, -0.05) is 0 Å². The van der Waals surface area contributed by atoms with Gasteiger partial charge in [-0.3, -0.25) is 0 Å². The smallest absolute Gasteiger partial charge is 0.129 e. The third kappa shape index (κ3) is 2.89. The van der Waals surface area contributed by atoms with E-state index in [0.29, 0.717) is 5.69 Å². The van der Waals surface area contributed by atoms with E-state index in [4.69, 9.17) is 11.5 Å². The van der Waals surface area contributed by atoms with E-state index in [2.05, 4.69) is 0 Å².